The summed E-state index contributed by atoms with van der Waals surface area (Å²) in [5.41, 5.74) is 6.62. The van der Waals surface area contributed by atoms with Gasteiger partial charge in [0.15, 0.2) is 0 Å². The van der Waals surface area contributed by atoms with Gasteiger partial charge in [0.25, 0.3) is 0 Å². The minimum Gasteiger partial charge on any atom is -0.381 e. The molecule has 0 spiro atoms. The van der Waals surface area contributed by atoms with E-state index < -0.39 is 5.69 Å². The second-order valence-corrected chi connectivity index (χ2v) is 3.70. The Morgan fingerprint density at radius 1 is 1.44 bits per heavy atom. The zero-order valence-electron chi connectivity index (χ0n) is 9.61. The van der Waals surface area contributed by atoms with Gasteiger partial charge in [0.05, 0.1) is 17.6 Å². The molecule has 1 aromatic heterocycles. The molecule has 0 amide bonds. The van der Waals surface area contributed by atoms with Gasteiger partial charge in [0, 0.05) is 18.7 Å². The molecule has 0 saturated carbocycles. The second kappa shape index (κ2) is 5.42. The summed E-state index contributed by atoms with van der Waals surface area (Å²) >= 11 is 0. The molecule has 0 fully saturated rings. The van der Waals surface area contributed by atoms with Crippen LogP contribution in [0.3, 0.4) is 0 Å². The number of aromatic nitrogens is 2. The molecule has 2 rings (SSSR count). The molecule has 94 valence electrons. The third kappa shape index (κ3) is 2.72. The summed E-state index contributed by atoms with van der Waals surface area (Å²) in [6.45, 7) is 0.984. The van der Waals surface area contributed by atoms with Crippen LogP contribution in [-0.2, 0) is 0 Å². The SMILES string of the molecule is NCCNc1cnc(=O)[nH]c1-c1cccc(F)c1. The number of nitrogens with two attached hydrogens (primary N) is 1. The van der Waals surface area contributed by atoms with E-state index in [1.807, 2.05) is 0 Å². The molecule has 2 aromatic rings. The molecule has 18 heavy (non-hydrogen) atoms. The molecule has 0 aliphatic heterocycles. The highest BCUT2D eigenvalue weighted by Gasteiger charge is 2.07. The normalized spacial score (nSPS) is 10.3. The maximum Gasteiger partial charge on any atom is 0.345 e. The topological polar surface area (TPSA) is 83.8 Å². The average Bonchev–Trinajstić information content (AvgIpc) is 2.37. The van der Waals surface area contributed by atoms with Gasteiger partial charge in [-0.3, -0.25) is 0 Å². The van der Waals surface area contributed by atoms with E-state index in [0.29, 0.717) is 30.0 Å². The number of halogens is 1. The third-order valence-corrected chi connectivity index (χ3v) is 2.39. The Hall–Kier alpha value is -2.21. The van der Waals surface area contributed by atoms with Crippen molar-refractivity contribution in [3.8, 4) is 11.3 Å². The van der Waals surface area contributed by atoms with Gasteiger partial charge in [-0.15, -0.1) is 0 Å². The van der Waals surface area contributed by atoms with Crippen molar-refractivity contribution in [2.75, 3.05) is 18.4 Å². The molecule has 1 heterocycles. The van der Waals surface area contributed by atoms with Crippen molar-refractivity contribution in [3.63, 3.8) is 0 Å². The standard InChI is InChI=1S/C12H13FN4O/c13-9-3-1-2-8(6-9)11-10(15-5-4-14)7-16-12(18)17-11/h1-3,6-7,15H,4-5,14H2,(H,16,17,18). The summed E-state index contributed by atoms with van der Waals surface area (Å²) in [5, 5.41) is 3.03. The van der Waals surface area contributed by atoms with Crippen molar-refractivity contribution in [3.05, 3.63) is 46.8 Å². The minimum atomic E-state index is -0.479. The maximum absolute atomic E-state index is 13.2. The highest BCUT2D eigenvalue weighted by atomic mass is 19.1. The third-order valence-electron chi connectivity index (χ3n) is 2.39. The van der Waals surface area contributed by atoms with Crippen LogP contribution in [0, 0.1) is 5.82 Å². The molecule has 4 N–H and O–H groups in total. The Morgan fingerprint density at radius 3 is 3.00 bits per heavy atom. The zero-order valence-corrected chi connectivity index (χ0v) is 9.61. The molecular weight excluding hydrogens is 235 g/mol. The molecule has 0 bridgehead atoms. The number of hydrogen-bond acceptors (Lipinski definition) is 4. The summed E-state index contributed by atoms with van der Waals surface area (Å²) in [4.78, 5) is 17.5. The van der Waals surface area contributed by atoms with Crippen molar-refractivity contribution in [2.24, 2.45) is 5.73 Å². The van der Waals surface area contributed by atoms with E-state index in [1.54, 1.807) is 12.1 Å². The highest BCUT2D eigenvalue weighted by molar-refractivity contribution is 5.73. The number of anilines is 1. The van der Waals surface area contributed by atoms with Gasteiger partial charge < -0.3 is 16.0 Å². The molecule has 5 nitrogen and oxygen atoms in total. The fraction of sp³-hybridized carbons (Fsp3) is 0.167. The fourth-order valence-electron chi connectivity index (χ4n) is 1.61. The Labute approximate surface area is 103 Å². The predicted octanol–water partition coefficient (Wildman–Crippen LogP) is 0.947. The van der Waals surface area contributed by atoms with E-state index in [0.717, 1.165) is 0 Å². The van der Waals surface area contributed by atoms with E-state index in [1.165, 1.54) is 18.3 Å². The van der Waals surface area contributed by atoms with Gasteiger partial charge in [-0.2, -0.15) is 4.98 Å². The van der Waals surface area contributed by atoms with Gasteiger partial charge >= 0.3 is 5.69 Å². The first-order valence-electron chi connectivity index (χ1n) is 5.50. The maximum atomic E-state index is 13.2. The molecule has 1 aromatic carbocycles. The number of rotatable bonds is 4. The van der Waals surface area contributed by atoms with Crippen LogP contribution in [-0.4, -0.2) is 23.1 Å². The second-order valence-electron chi connectivity index (χ2n) is 3.70. The van der Waals surface area contributed by atoms with Crippen LogP contribution in [0.1, 0.15) is 0 Å². The molecular formula is C12H13FN4O. The van der Waals surface area contributed by atoms with Crippen LogP contribution in [0.25, 0.3) is 11.3 Å². The van der Waals surface area contributed by atoms with E-state index in [4.69, 9.17) is 5.73 Å². The number of hydrogen-bond donors (Lipinski definition) is 3. The monoisotopic (exact) mass is 248 g/mol. The lowest BCUT2D eigenvalue weighted by atomic mass is 10.1. The molecule has 0 saturated heterocycles. The van der Waals surface area contributed by atoms with Crippen molar-refractivity contribution in [1.82, 2.24) is 9.97 Å². The summed E-state index contributed by atoms with van der Waals surface area (Å²) in [5.74, 6) is -0.366. The Kier molecular flexibility index (Phi) is 3.69. The largest absolute Gasteiger partial charge is 0.381 e. The number of nitrogens with one attached hydrogen (secondary N) is 2. The Morgan fingerprint density at radius 2 is 2.28 bits per heavy atom. The van der Waals surface area contributed by atoms with Crippen molar-refractivity contribution < 1.29 is 4.39 Å². The van der Waals surface area contributed by atoms with Crippen LogP contribution < -0.4 is 16.7 Å². The van der Waals surface area contributed by atoms with Crippen LogP contribution in [0.15, 0.2) is 35.3 Å². The van der Waals surface area contributed by atoms with Gasteiger partial charge in [-0.1, -0.05) is 12.1 Å². The van der Waals surface area contributed by atoms with Crippen LogP contribution in [0.5, 0.6) is 0 Å². The Bertz CT molecular complexity index is 597. The van der Waals surface area contributed by atoms with Gasteiger partial charge in [0.2, 0.25) is 0 Å². The summed E-state index contributed by atoms with van der Waals surface area (Å²) in [6.07, 6.45) is 1.41. The van der Waals surface area contributed by atoms with E-state index in [2.05, 4.69) is 15.3 Å². The molecule has 6 heteroatoms. The number of nitrogens with zero attached hydrogens (tertiary/aromatic N) is 1. The summed E-state index contributed by atoms with van der Waals surface area (Å²) in [6, 6.07) is 5.98. The predicted molar refractivity (Wildman–Crippen MR) is 67.8 cm³/mol. The molecule has 0 aliphatic rings. The number of benzene rings is 1. The van der Waals surface area contributed by atoms with E-state index in [-0.39, 0.29) is 5.82 Å². The number of H-pyrrole nitrogens is 1. The van der Waals surface area contributed by atoms with Crippen molar-refractivity contribution in [1.29, 1.82) is 0 Å². The highest BCUT2D eigenvalue weighted by Crippen LogP contribution is 2.23. The minimum absolute atomic E-state index is 0.366. The van der Waals surface area contributed by atoms with E-state index >= 15 is 0 Å². The van der Waals surface area contributed by atoms with Gasteiger partial charge in [-0.05, 0) is 12.1 Å². The fourth-order valence-corrected chi connectivity index (χ4v) is 1.61. The molecule has 0 radical (unpaired) electrons. The molecule has 0 aliphatic carbocycles. The first-order valence-corrected chi connectivity index (χ1v) is 5.50. The van der Waals surface area contributed by atoms with Gasteiger partial charge in [-0.25, -0.2) is 9.18 Å². The van der Waals surface area contributed by atoms with Crippen LogP contribution >= 0.6 is 0 Å². The number of aromatic amines is 1. The first kappa shape index (κ1) is 12.3. The lowest BCUT2D eigenvalue weighted by Gasteiger charge is -2.10. The zero-order chi connectivity index (χ0) is 13.0. The van der Waals surface area contributed by atoms with Gasteiger partial charge in [0.1, 0.15) is 5.82 Å². The Balaban J connectivity index is 2.47. The quantitative estimate of drug-likeness (QED) is 0.752. The van der Waals surface area contributed by atoms with E-state index in [9.17, 15) is 9.18 Å². The van der Waals surface area contributed by atoms with Crippen molar-refractivity contribution >= 4 is 5.69 Å². The molecule has 0 atom stereocenters. The lowest BCUT2D eigenvalue weighted by molar-refractivity contribution is 0.628. The van der Waals surface area contributed by atoms with Crippen molar-refractivity contribution in [2.45, 2.75) is 0 Å². The lowest BCUT2D eigenvalue weighted by Crippen LogP contribution is -2.17. The first-order chi connectivity index (χ1) is 8.70. The summed E-state index contributed by atoms with van der Waals surface area (Å²) < 4.78 is 13.2. The summed E-state index contributed by atoms with van der Waals surface area (Å²) in [7, 11) is 0. The van der Waals surface area contributed by atoms with Crippen LogP contribution in [0.4, 0.5) is 10.1 Å². The van der Waals surface area contributed by atoms with Crippen LogP contribution in [0.2, 0.25) is 0 Å². The average molecular weight is 248 g/mol. The smallest absolute Gasteiger partial charge is 0.345 e. The molecule has 0 unspecified atom stereocenters.